The van der Waals surface area contributed by atoms with Crippen LogP contribution >= 0.6 is 0 Å². The van der Waals surface area contributed by atoms with E-state index in [1.807, 2.05) is 30.3 Å². The van der Waals surface area contributed by atoms with Gasteiger partial charge in [-0.1, -0.05) is 18.2 Å². The van der Waals surface area contributed by atoms with Crippen molar-refractivity contribution in [3.05, 3.63) is 48.0 Å². The van der Waals surface area contributed by atoms with Gasteiger partial charge < -0.3 is 19.9 Å². The molecule has 1 aromatic carbocycles. The molecule has 0 saturated carbocycles. The van der Waals surface area contributed by atoms with Gasteiger partial charge in [0.15, 0.2) is 11.5 Å². The molecule has 1 amide bonds. The molecule has 0 unspecified atom stereocenters. The maximum absolute atomic E-state index is 12.7. The predicted molar refractivity (Wildman–Crippen MR) is 117 cm³/mol. The molecule has 0 aliphatic carbocycles. The number of benzene rings is 1. The van der Waals surface area contributed by atoms with Crippen molar-refractivity contribution in [2.24, 2.45) is 0 Å². The van der Waals surface area contributed by atoms with E-state index < -0.39 is 0 Å². The number of ether oxygens (including phenoxy) is 1. The zero-order valence-corrected chi connectivity index (χ0v) is 17.7. The van der Waals surface area contributed by atoms with Gasteiger partial charge in [0, 0.05) is 26.2 Å². The van der Waals surface area contributed by atoms with Crippen LogP contribution < -0.4 is 15.1 Å². The zero-order valence-electron chi connectivity index (χ0n) is 17.7. The largest absolute Gasteiger partial charge is 0.378 e. The number of nitrogens with one attached hydrogen (secondary N) is 1. The molecule has 5 rings (SSSR count). The number of morpholine rings is 1. The molecule has 3 aromatic rings. The highest BCUT2D eigenvalue weighted by atomic mass is 16.5. The molecule has 11 nitrogen and oxygen atoms in total. The minimum atomic E-state index is -0.330. The van der Waals surface area contributed by atoms with E-state index in [9.17, 15) is 4.79 Å². The Kier molecular flexibility index (Phi) is 5.88. The number of hydrogen-bond acceptors (Lipinski definition) is 9. The number of aromatic nitrogens is 6. The minimum absolute atomic E-state index is 0.178. The van der Waals surface area contributed by atoms with Crippen LogP contribution in [-0.4, -0.2) is 75.2 Å². The lowest BCUT2D eigenvalue weighted by molar-refractivity contribution is 0.0944. The van der Waals surface area contributed by atoms with Crippen molar-refractivity contribution >= 4 is 17.8 Å². The molecule has 0 atom stereocenters. The van der Waals surface area contributed by atoms with Crippen molar-refractivity contribution in [2.45, 2.75) is 19.4 Å². The van der Waals surface area contributed by atoms with Crippen molar-refractivity contribution in [3.8, 4) is 5.69 Å². The summed E-state index contributed by atoms with van der Waals surface area (Å²) in [5.74, 6) is 1.48. The molecule has 2 aliphatic rings. The Morgan fingerprint density at radius 1 is 0.938 bits per heavy atom. The van der Waals surface area contributed by atoms with Crippen LogP contribution in [-0.2, 0) is 11.3 Å². The van der Waals surface area contributed by atoms with Crippen molar-refractivity contribution in [2.75, 3.05) is 49.2 Å². The average molecular weight is 435 g/mol. The number of carbonyl (C=O) groups excluding carboxylic acids is 1. The van der Waals surface area contributed by atoms with Crippen LogP contribution in [0.4, 0.5) is 11.9 Å². The normalized spacial score (nSPS) is 16.4. The van der Waals surface area contributed by atoms with Crippen LogP contribution in [0.2, 0.25) is 0 Å². The number of rotatable bonds is 6. The third kappa shape index (κ3) is 4.52. The summed E-state index contributed by atoms with van der Waals surface area (Å²) in [6, 6.07) is 9.45. The summed E-state index contributed by atoms with van der Waals surface area (Å²) in [6.45, 7) is 4.80. The lowest BCUT2D eigenvalue weighted by Gasteiger charge is -2.28. The predicted octanol–water partition coefficient (Wildman–Crippen LogP) is 0.819. The van der Waals surface area contributed by atoms with Crippen LogP contribution in [0.25, 0.3) is 5.69 Å². The van der Waals surface area contributed by atoms with E-state index in [0.29, 0.717) is 30.9 Å². The fourth-order valence-corrected chi connectivity index (χ4v) is 3.74. The summed E-state index contributed by atoms with van der Waals surface area (Å²) in [5.41, 5.74) is 1.02. The first kappa shape index (κ1) is 20.3. The topological polar surface area (TPSA) is 114 Å². The van der Waals surface area contributed by atoms with Crippen LogP contribution in [0.3, 0.4) is 0 Å². The Balaban J connectivity index is 1.31. The van der Waals surface area contributed by atoms with Gasteiger partial charge in [-0.2, -0.15) is 24.8 Å². The highest BCUT2D eigenvalue weighted by molar-refractivity contribution is 5.91. The van der Waals surface area contributed by atoms with Gasteiger partial charge in [-0.3, -0.25) is 4.79 Å². The smallest absolute Gasteiger partial charge is 0.273 e. The molecule has 4 heterocycles. The van der Waals surface area contributed by atoms with E-state index in [1.165, 1.54) is 11.0 Å². The summed E-state index contributed by atoms with van der Waals surface area (Å²) < 4.78 is 5.45. The van der Waals surface area contributed by atoms with Gasteiger partial charge in [-0.25, -0.2) is 0 Å². The van der Waals surface area contributed by atoms with Crippen LogP contribution in [0, 0.1) is 0 Å². The molecule has 1 N–H and O–H groups in total. The highest BCUT2D eigenvalue weighted by Crippen LogP contribution is 2.19. The maximum atomic E-state index is 12.7. The number of para-hydroxylation sites is 1. The molecule has 2 saturated heterocycles. The zero-order chi connectivity index (χ0) is 21.8. The van der Waals surface area contributed by atoms with Crippen LogP contribution in [0.1, 0.15) is 29.2 Å². The van der Waals surface area contributed by atoms with E-state index in [4.69, 9.17) is 9.72 Å². The standard InChI is InChI=1S/C21H25N9O2/c31-19(17-14-23-30(27-17)16-6-2-1-3-7-16)22-15-18-24-20(28-8-4-5-9-28)26-21(25-18)29-10-12-32-13-11-29/h1-3,6-7,14H,4-5,8-13,15H2,(H,22,31). The molecule has 166 valence electrons. The minimum Gasteiger partial charge on any atom is -0.378 e. The average Bonchev–Trinajstić information content (AvgIpc) is 3.56. The van der Waals surface area contributed by atoms with E-state index in [2.05, 4.69) is 35.3 Å². The number of anilines is 2. The summed E-state index contributed by atoms with van der Waals surface area (Å²) in [6.07, 6.45) is 3.70. The first-order valence-corrected chi connectivity index (χ1v) is 10.8. The summed E-state index contributed by atoms with van der Waals surface area (Å²) >= 11 is 0. The SMILES string of the molecule is O=C(NCc1nc(N2CCCC2)nc(N2CCOCC2)n1)c1cnn(-c2ccccc2)n1. The van der Waals surface area contributed by atoms with Crippen molar-refractivity contribution < 1.29 is 9.53 Å². The Bertz CT molecular complexity index is 1060. The first-order valence-electron chi connectivity index (χ1n) is 10.8. The second-order valence-corrected chi connectivity index (χ2v) is 7.68. The molecule has 2 aliphatic heterocycles. The highest BCUT2D eigenvalue weighted by Gasteiger charge is 2.21. The second kappa shape index (κ2) is 9.27. The molecule has 0 spiro atoms. The van der Waals surface area contributed by atoms with E-state index in [-0.39, 0.29) is 18.1 Å². The molecule has 2 fully saturated rings. The molecular formula is C21H25N9O2. The van der Waals surface area contributed by atoms with Gasteiger partial charge in [-0.05, 0) is 25.0 Å². The number of hydrogen-bond donors (Lipinski definition) is 1. The quantitative estimate of drug-likeness (QED) is 0.601. The van der Waals surface area contributed by atoms with E-state index in [0.717, 1.165) is 44.7 Å². The number of nitrogens with zero attached hydrogens (tertiary/aromatic N) is 8. The summed E-state index contributed by atoms with van der Waals surface area (Å²) in [5, 5.41) is 11.3. The van der Waals surface area contributed by atoms with E-state index in [1.54, 1.807) is 0 Å². The Morgan fingerprint density at radius 2 is 1.62 bits per heavy atom. The van der Waals surface area contributed by atoms with Gasteiger partial charge in [0.2, 0.25) is 11.9 Å². The number of amides is 1. The first-order chi connectivity index (χ1) is 15.8. The molecule has 11 heteroatoms. The maximum Gasteiger partial charge on any atom is 0.273 e. The monoisotopic (exact) mass is 435 g/mol. The van der Waals surface area contributed by atoms with Crippen molar-refractivity contribution in [1.29, 1.82) is 0 Å². The van der Waals surface area contributed by atoms with Gasteiger partial charge in [0.25, 0.3) is 5.91 Å². The lowest BCUT2D eigenvalue weighted by Crippen LogP contribution is -2.38. The van der Waals surface area contributed by atoms with Gasteiger partial charge >= 0.3 is 0 Å². The van der Waals surface area contributed by atoms with Gasteiger partial charge in [0.05, 0.1) is 31.6 Å². The Hall–Kier alpha value is -3.60. The molecule has 0 radical (unpaired) electrons. The number of carbonyl (C=O) groups is 1. The van der Waals surface area contributed by atoms with E-state index >= 15 is 0 Å². The fraction of sp³-hybridized carbons (Fsp3) is 0.429. The summed E-state index contributed by atoms with van der Waals surface area (Å²) in [4.78, 5) is 32.3. The fourth-order valence-electron chi connectivity index (χ4n) is 3.74. The van der Waals surface area contributed by atoms with Gasteiger partial charge in [0.1, 0.15) is 0 Å². The lowest BCUT2D eigenvalue weighted by atomic mass is 10.3. The van der Waals surface area contributed by atoms with Crippen LogP contribution in [0.5, 0.6) is 0 Å². The molecule has 32 heavy (non-hydrogen) atoms. The molecular weight excluding hydrogens is 410 g/mol. The molecule has 0 bridgehead atoms. The Morgan fingerprint density at radius 3 is 2.34 bits per heavy atom. The summed E-state index contributed by atoms with van der Waals surface area (Å²) in [7, 11) is 0. The van der Waals surface area contributed by atoms with Crippen molar-refractivity contribution in [1.82, 2.24) is 35.3 Å². The Labute approximate surface area is 185 Å². The van der Waals surface area contributed by atoms with Crippen LogP contribution in [0.15, 0.2) is 36.5 Å². The molecule has 2 aromatic heterocycles. The van der Waals surface area contributed by atoms with Crippen molar-refractivity contribution in [3.63, 3.8) is 0 Å². The third-order valence-electron chi connectivity index (χ3n) is 5.46. The second-order valence-electron chi connectivity index (χ2n) is 7.68. The third-order valence-corrected chi connectivity index (χ3v) is 5.46. The van der Waals surface area contributed by atoms with Gasteiger partial charge in [-0.15, -0.1) is 5.10 Å².